The van der Waals surface area contributed by atoms with Crippen LogP contribution < -0.4 is 15.0 Å². The monoisotopic (exact) mass is 313 g/mol. The zero-order valence-corrected chi connectivity index (χ0v) is 14.1. The highest BCUT2D eigenvalue weighted by Crippen LogP contribution is 2.17. The minimum Gasteiger partial charge on any atom is -0.488 e. The van der Waals surface area contributed by atoms with Crippen molar-refractivity contribution in [3.8, 4) is 5.75 Å². The summed E-state index contributed by atoms with van der Waals surface area (Å²) in [5, 5.41) is 2.99. The second-order valence-electron chi connectivity index (χ2n) is 5.84. The van der Waals surface area contributed by atoms with E-state index in [1.807, 2.05) is 69.4 Å². The molecule has 0 aliphatic heterocycles. The van der Waals surface area contributed by atoms with Crippen LogP contribution in [0.15, 0.2) is 48.5 Å². The predicted molar refractivity (Wildman–Crippen MR) is 93.1 cm³/mol. The van der Waals surface area contributed by atoms with Gasteiger partial charge in [0.1, 0.15) is 18.9 Å². The number of carbonyl (C=O) groups is 1. The third kappa shape index (κ3) is 5.42. The molecule has 1 atom stereocenters. The first-order valence-corrected chi connectivity index (χ1v) is 7.91. The lowest BCUT2D eigenvalue weighted by Crippen LogP contribution is -3.10. The van der Waals surface area contributed by atoms with Crippen molar-refractivity contribution in [2.24, 2.45) is 0 Å². The van der Waals surface area contributed by atoms with Crippen LogP contribution in [0.2, 0.25) is 0 Å². The van der Waals surface area contributed by atoms with Gasteiger partial charge in [0, 0.05) is 5.69 Å². The Hall–Kier alpha value is -2.33. The van der Waals surface area contributed by atoms with E-state index in [1.54, 1.807) is 0 Å². The normalized spacial score (nSPS) is 11.8. The largest absolute Gasteiger partial charge is 0.488 e. The summed E-state index contributed by atoms with van der Waals surface area (Å²) in [5.74, 6) is 0.885. The summed E-state index contributed by atoms with van der Waals surface area (Å²) >= 11 is 0. The Kier molecular flexibility index (Phi) is 6.18. The topological polar surface area (TPSA) is 42.8 Å². The average Bonchev–Trinajstić information content (AvgIpc) is 2.53. The van der Waals surface area contributed by atoms with Crippen molar-refractivity contribution in [2.75, 3.05) is 32.1 Å². The van der Waals surface area contributed by atoms with E-state index in [0.717, 1.165) is 28.4 Å². The summed E-state index contributed by atoms with van der Waals surface area (Å²) in [7, 11) is 2.00. The highest BCUT2D eigenvalue weighted by molar-refractivity contribution is 5.92. The Morgan fingerprint density at radius 2 is 1.83 bits per heavy atom. The molecule has 4 heteroatoms. The Balaban J connectivity index is 1.75. The van der Waals surface area contributed by atoms with Crippen LogP contribution in [0.3, 0.4) is 0 Å². The molecule has 0 heterocycles. The molecule has 23 heavy (non-hydrogen) atoms. The van der Waals surface area contributed by atoms with Gasteiger partial charge in [0.15, 0.2) is 6.54 Å². The van der Waals surface area contributed by atoms with Crippen LogP contribution in [0.4, 0.5) is 5.69 Å². The predicted octanol–water partition coefficient (Wildman–Crippen LogP) is 1.84. The minimum atomic E-state index is 0.0240. The number of aryl methyl sites for hydroxylation is 1. The van der Waals surface area contributed by atoms with E-state index in [4.69, 9.17) is 4.74 Å². The van der Waals surface area contributed by atoms with Crippen molar-refractivity contribution in [2.45, 2.75) is 13.8 Å². The molecule has 2 aromatic rings. The molecule has 0 fully saturated rings. The molecule has 4 nitrogen and oxygen atoms in total. The Bertz CT molecular complexity index is 641. The highest BCUT2D eigenvalue weighted by atomic mass is 16.5. The third-order valence-electron chi connectivity index (χ3n) is 3.88. The smallest absolute Gasteiger partial charge is 0.279 e. The second kappa shape index (κ2) is 8.34. The van der Waals surface area contributed by atoms with Crippen LogP contribution in [-0.4, -0.2) is 32.7 Å². The fraction of sp³-hybridized carbons (Fsp3) is 0.316. The molecule has 0 aromatic heterocycles. The van der Waals surface area contributed by atoms with Gasteiger partial charge in [0.2, 0.25) is 0 Å². The number of para-hydroxylation sites is 1. The summed E-state index contributed by atoms with van der Waals surface area (Å²) in [6, 6.07) is 15.7. The maximum absolute atomic E-state index is 12.1. The molecule has 0 saturated carbocycles. The lowest BCUT2D eigenvalue weighted by molar-refractivity contribution is -0.871. The molecule has 2 aromatic carbocycles. The van der Waals surface area contributed by atoms with E-state index in [2.05, 4.69) is 5.32 Å². The molecular formula is C19H25N2O2+. The molecule has 0 aliphatic rings. The highest BCUT2D eigenvalue weighted by Gasteiger charge is 2.11. The number of nitrogens with one attached hydrogen (secondary N) is 2. The first kappa shape index (κ1) is 17.0. The summed E-state index contributed by atoms with van der Waals surface area (Å²) in [6.07, 6.45) is 0. The number of likely N-dealkylation sites (N-methyl/N-ethyl adjacent to an activating group) is 1. The van der Waals surface area contributed by atoms with Gasteiger partial charge in [0.25, 0.3) is 5.91 Å². The summed E-state index contributed by atoms with van der Waals surface area (Å²) in [6.45, 7) is 5.85. The van der Waals surface area contributed by atoms with E-state index in [1.165, 1.54) is 5.56 Å². The maximum atomic E-state index is 12.1. The molecule has 0 bridgehead atoms. The standard InChI is InChI=1S/C19H24N2O2/c1-15-8-7-11-18(16(15)2)20-19(22)14-21(3)12-13-23-17-9-5-4-6-10-17/h4-11H,12-14H2,1-3H3,(H,20,22)/p+1. The number of hydrogen-bond donors (Lipinski definition) is 2. The number of rotatable bonds is 7. The zero-order valence-electron chi connectivity index (χ0n) is 14.1. The summed E-state index contributed by atoms with van der Waals surface area (Å²) in [4.78, 5) is 13.3. The van der Waals surface area contributed by atoms with Gasteiger partial charge in [-0.1, -0.05) is 30.3 Å². The number of carbonyl (C=O) groups excluding carboxylic acids is 1. The number of benzene rings is 2. The molecule has 1 amide bonds. The molecule has 0 saturated heterocycles. The molecular weight excluding hydrogens is 288 g/mol. The van der Waals surface area contributed by atoms with Crippen molar-refractivity contribution >= 4 is 11.6 Å². The molecule has 2 rings (SSSR count). The van der Waals surface area contributed by atoms with Crippen LogP contribution in [0.25, 0.3) is 0 Å². The summed E-state index contributed by atoms with van der Waals surface area (Å²) in [5.41, 5.74) is 3.19. The van der Waals surface area contributed by atoms with E-state index in [-0.39, 0.29) is 5.91 Å². The maximum Gasteiger partial charge on any atom is 0.279 e. The van der Waals surface area contributed by atoms with Gasteiger partial charge in [-0.3, -0.25) is 4.79 Å². The van der Waals surface area contributed by atoms with Crippen LogP contribution in [0.1, 0.15) is 11.1 Å². The van der Waals surface area contributed by atoms with Crippen molar-refractivity contribution in [1.29, 1.82) is 0 Å². The molecule has 0 aliphatic carbocycles. The molecule has 122 valence electrons. The zero-order chi connectivity index (χ0) is 16.7. The molecule has 1 unspecified atom stereocenters. The first-order valence-electron chi connectivity index (χ1n) is 7.91. The van der Waals surface area contributed by atoms with Crippen LogP contribution in [-0.2, 0) is 4.79 Å². The van der Waals surface area contributed by atoms with Gasteiger partial charge in [-0.05, 0) is 43.2 Å². The van der Waals surface area contributed by atoms with Crippen molar-refractivity contribution in [3.63, 3.8) is 0 Å². The van der Waals surface area contributed by atoms with Crippen LogP contribution in [0.5, 0.6) is 5.75 Å². The number of quaternary nitrogens is 1. The lowest BCUT2D eigenvalue weighted by Gasteiger charge is -2.15. The van der Waals surface area contributed by atoms with Gasteiger partial charge in [-0.2, -0.15) is 0 Å². The van der Waals surface area contributed by atoms with E-state index >= 15 is 0 Å². The van der Waals surface area contributed by atoms with Gasteiger partial charge in [-0.15, -0.1) is 0 Å². The Morgan fingerprint density at radius 3 is 2.57 bits per heavy atom. The molecule has 2 N–H and O–H groups in total. The van der Waals surface area contributed by atoms with Crippen LogP contribution in [0, 0.1) is 13.8 Å². The number of ether oxygens (including phenoxy) is 1. The third-order valence-corrected chi connectivity index (χ3v) is 3.88. The number of hydrogen-bond acceptors (Lipinski definition) is 2. The summed E-state index contributed by atoms with van der Waals surface area (Å²) < 4.78 is 5.66. The molecule has 0 radical (unpaired) electrons. The van der Waals surface area contributed by atoms with Crippen LogP contribution >= 0.6 is 0 Å². The van der Waals surface area contributed by atoms with Crippen molar-refractivity contribution in [3.05, 3.63) is 59.7 Å². The van der Waals surface area contributed by atoms with E-state index < -0.39 is 0 Å². The fourth-order valence-electron chi connectivity index (χ4n) is 2.30. The quantitative estimate of drug-likeness (QED) is 0.819. The van der Waals surface area contributed by atoms with Crippen molar-refractivity contribution in [1.82, 2.24) is 0 Å². The number of amides is 1. The average molecular weight is 313 g/mol. The Morgan fingerprint density at radius 1 is 1.09 bits per heavy atom. The first-order chi connectivity index (χ1) is 11.1. The van der Waals surface area contributed by atoms with Gasteiger partial charge in [0.05, 0.1) is 7.05 Å². The van der Waals surface area contributed by atoms with E-state index in [0.29, 0.717) is 13.2 Å². The number of anilines is 1. The van der Waals surface area contributed by atoms with Crippen molar-refractivity contribution < 1.29 is 14.4 Å². The van der Waals surface area contributed by atoms with Gasteiger partial charge in [-0.25, -0.2) is 0 Å². The SMILES string of the molecule is Cc1cccc(NC(=O)C[NH+](C)CCOc2ccccc2)c1C. The lowest BCUT2D eigenvalue weighted by atomic mass is 10.1. The minimum absolute atomic E-state index is 0.0240. The fourth-order valence-corrected chi connectivity index (χ4v) is 2.30. The molecule has 0 spiro atoms. The Labute approximate surface area is 138 Å². The van der Waals surface area contributed by atoms with Gasteiger partial charge < -0.3 is 15.0 Å². The second-order valence-corrected chi connectivity index (χ2v) is 5.84. The van der Waals surface area contributed by atoms with E-state index in [9.17, 15) is 4.79 Å². The van der Waals surface area contributed by atoms with Gasteiger partial charge >= 0.3 is 0 Å².